The molecule has 1 N–H and O–H groups in total. The Morgan fingerprint density at radius 2 is 1.87 bits per heavy atom. The molecule has 0 aliphatic rings. The zero-order valence-electron chi connectivity index (χ0n) is 17.2. The Kier molecular flexibility index (Phi) is 7.41. The van der Waals surface area contributed by atoms with Crippen LogP contribution in [0.15, 0.2) is 47.6 Å². The lowest BCUT2D eigenvalue weighted by Gasteiger charge is -2.20. The first-order valence-electron chi connectivity index (χ1n) is 9.32. The summed E-state index contributed by atoms with van der Waals surface area (Å²) in [6, 6.07) is 12.9. The monoisotopic (exact) mass is 463 g/mol. The minimum atomic E-state index is -0.146. The second-order valence-corrected chi connectivity index (χ2v) is 8.88. The Labute approximate surface area is 190 Å². The third-order valence-electron chi connectivity index (χ3n) is 4.68. The number of carbonyl (C=O) groups excluding carboxylic acids is 1. The maximum absolute atomic E-state index is 12.5. The number of rotatable bonds is 7. The molecule has 0 radical (unpaired) electrons. The van der Waals surface area contributed by atoms with Gasteiger partial charge in [0.2, 0.25) is 5.91 Å². The highest BCUT2D eigenvalue weighted by molar-refractivity contribution is 7.99. The number of nitrogens with one attached hydrogen (secondary N) is 1. The summed E-state index contributed by atoms with van der Waals surface area (Å²) in [5.41, 5.74) is 2.52. The summed E-state index contributed by atoms with van der Waals surface area (Å²) in [6.07, 6.45) is 0. The fraction of sp³-hybridized carbons (Fsp3) is 0.286. The third-order valence-corrected chi connectivity index (χ3v) is 6.27. The molecule has 0 spiro atoms. The van der Waals surface area contributed by atoms with E-state index in [1.807, 2.05) is 62.0 Å². The molecule has 0 saturated carbocycles. The molecule has 30 heavy (non-hydrogen) atoms. The SMILES string of the molecule is Cc1ccc(NC(=O)CSc2nnc(C(C)N(C)C)n2-c2ccc(Cl)cc2)cc1Cl. The van der Waals surface area contributed by atoms with Gasteiger partial charge in [0, 0.05) is 21.4 Å². The fourth-order valence-corrected chi connectivity index (χ4v) is 3.77. The summed E-state index contributed by atoms with van der Waals surface area (Å²) >= 11 is 13.5. The Morgan fingerprint density at radius 1 is 1.17 bits per heavy atom. The van der Waals surface area contributed by atoms with Gasteiger partial charge in [0.15, 0.2) is 11.0 Å². The van der Waals surface area contributed by atoms with Crippen LogP contribution in [-0.4, -0.2) is 45.4 Å². The highest BCUT2D eigenvalue weighted by atomic mass is 35.5. The Morgan fingerprint density at radius 3 is 2.50 bits per heavy atom. The summed E-state index contributed by atoms with van der Waals surface area (Å²) in [5, 5.41) is 13.5. The molecule has 0 aliphatic heterocycles. The first-order valence-corrected chi connectivity index (χ1v) is 11.1. The molecule has 2 aromatic carbocycles. The van der Waals surface area contributed by atoms with Gasteiger partial charge in [-0.05, 0) is 69.9 Å². The van der Waals surface area contributed by atoms with E-state index >= 15 is 0 Å². The van der Waals surface area contributed by atoms with Crippen LogP contribution < -0.4 is 5.32 Å². The topological polar surface area (TPSA) is 63.1 Å². The summed E-state index contributed by atoms with van der Waals surface area (Å²) < 4.78 is 1.96. The second kappa shape index (κ2) is 9.83. The van der Waals surface area contributed by atoms with Crippen LogP contribution in [0.5, 0.6) is 0 Å². The molecule has 3 aromatic rings. The predicted octanol–water partition coefficient (Wildman–Crippen LogP) is 5.24. The smallest absolute Gasteiger partial charge is 0.234 e. The summed E-state index contributed by atoms with van der Waals surface area (Å²) in [7, 11) is 3.97. The summed E-state index contributed by atoms with van der Waals surface area (Å²) in [5.74, 6) is 0.830. The Balaban J connectivity index is 1.80. The molecular weight excluding hydrogens is 441 g/mol. The molecule has 1 heterocycles. The molecular formula is C21H23Cl2N5OS. The van der Waals surface area contributed by atoms with Crippen molar-refractivity contribution in [3.63, 3.8) is 0 Å². The van der Waals surface area contributed by atoms with Crippen molar-refractivity contribution in [3.05, 3.63) is 63.9 Å². The van der Waals surface area contributed by atoms with Crippen LogP contribution in [0.1, 0.15) is 24.4 Å². The molecule has 3 rings (SSSR count). The van der Waals surface area contributed by atoms with E-state index in [0.29, 0.717) is 20.9 Å². The van der Waals surface area contributed by atoms with Crippen molar-refractivity contribution in [2.24, 2.45) is 0 Å². The van der Waals surface area contributed by atoms with Crippen LogP contribution >= 0.6 is 35.0 Å². The highest BCUT2D eigenvalue weighted by Crippen LogP contribution is 2.28. The molecule has 1 amide bonds. The zero-order chi connectivity index (χ0) is 21.8. The lowest BCUT2D eigenvalue weighted by Crippen LogP contribution is -2.21. The number of hydrogen-bond donors (Lipinski definition) is 1. The van der Waals surface area contributed by atoms with Crippen LogP contribution in [0, 0.1) is 6.92 Å². The quantitative estimate of drug-likeness (QED) is 0.485. The van der Waals surface area contributed by atoms with E-state index in [1.54, 1.807) is 6.07 Å². The summed E-state index contributed by atoms with van der Waals surface area (Å²) in [4.78, 5) is 14.5. The van der Waals surface area contributed by atoms with Gasteiger partial charge in [-0.25, -0.2) is 0 Å². The van der Waals surface area contributed by atoms with E-state index in [1.165, 1.54) is 11.8 Å². The number of nitrogens with zero attached hydrogens (tertiary/aromatic N) is 4. The fourth-order valence-electron chi connectivity index (χ4n) is 2.71. The third kappa shape index (κ3) is 5.35. The highest BCUT2D eigenvalue weighted by Gasteiger charge is 2.21. The van der Waals surface area contributed by atoms with Gasteiger partial charge in [-0.2, -0.15) is 0 Å². The van der Waals surface area contributed by atoms with Crippen molar-refractivity contribution in [2.45, 2.75) is 25.0 Å². The molecule has 1 atom stereocenters. The number of thioether (sulfide) groups is 1. The molecule has 0 bridgehead atoms. The number of aromatic nitrogens is 3. The van der Waals surface area contributed by atoms with Gasteiger partial charge in [0.25, 0.3) is 0 Å². The average Bonchev–Trinajstić information content (AvgIpc) is 3.13. The van der Waals surface area contributed by atoms with E-state index in [-0.39, 0.29) is 17.7 Å². The Hall–Kier alpha value is -2.06. The maximum atomic E-state index is 12.5. The molecule has 0 fully saturated rings. The predicted molar refractivity (Wildman–Crippen MR) is 124 cm³/mol. The maximum Gasteiger partial charge on any atom is 0.234 e. The minimum Gasteiger partial charge on any atom is -0.325 e. The molecule has 158 valence electrons. The van der Waals surface area contributed by atoms with Gasteiger partial charge >= 0.3 is 0 Å². The van der Waals surface area contributed by atoms with Gasteiger partial charge in [0.05, 0.1) is 11.8 Å². The second-order valence-electron chi connectivity index (χ2n) is 7.09. The van der Waals surface area contributed by atoms with Crippen LogP contribution in [0.4, 0.5) is 5.69 Å². The van der Waals surface area contributed by atoms with Crippen molar-refractivity contribution in [1.29, 1.82) is 0 Å². The lowest BCUT2D eigenvalue weighted by molar-refractivity contribution is -0.113. The number of carbonyl (C=O) groups is 1. The first kappa shape index (κ1) is 22.6. The van der Waals surface area contributed by atoms with Gasteiger partial charge in [-0.1, -0.05) is 41.0 Å². The number of aryl methyl sites for hydroxylation is 1. The number of hydrogen-bond acceptors (Lipinski definition) is 5. The van der Waals surface area contributed by atoms with Gasteiger partial charge in [-0.15, -0.1) is 10.2 Å². The van der Waals surface area contributed by atoms with Crippen molar-refractivity contribution in [1.82, 2.24) is 19.7 Å². The van der Waals surface area contributed by atoms with Gasteiger partial charge in [0.1, 0.15) is 0 Å². The van der Waals surface area contributed by atoms with Crippen LogP contribution in [0.2, 0.25) is 10.0 Å². The first-order chi connectivity index (χ1) is 14.3. The average molecular weight is 464 g/mol. The van der Waals surface area contributed by atoms with E-state index in [4.69, 9.17) is 23.2 Å². The van der Waals surface area contributed by atoms with E-state index in [9.17, 15) is 4.79 Å². The zero-order valence-corrected chi connectivity index (χ0v) is 19.5. The van der Waals surface area contributed by atoms with E-state index in [0.717, 1.165) is 17.1 Å². The standard InChI is InChI=1S/C21H23Cl2N5OS/c1-13-5-8-16(11-18(13)23)24-19(29)12-30-21-26-25-20(14(2)27(3)4)28(21)17-9-6-15(22)7-10-17/h5-11,14H,12H2,1-4H3,(H,24,29). The van der Waals surface area contributed by atoms with Crippen molar-refractivity contribution in [2.75, 3.05) is 25.2 Å². The number of halogens is 2. The summed E-state index contributed by atoms with van der Waals surface area (Å²) in [6.45, 7) is 3.97. The normalized spacial score (nSPS) is 12.2. The van der Waals surface area contributed by atoms with Gasteiger partial charge < -0.3 is 5.32 Å². The van der Waals surface area contributed by atoms with Gasteiger partial charge in [-0.3, -0.25) is 14.3 Å². The molecule has 1 aromatic heterocycles. The van der Waals surface area contributed by atoms with Crippen molar-refractivity contribution in [3.8, 4) is 5.69 Å². The van der Waals surface area contributed by atoms with E-state index < -0.39 is 0 Å². The van der Waals surface area contributed by atoms with Crippen LogP contribution in [-0.2, 0) is 4.79 Å². The largest absolute Gasteiger partial charge is 0.325 e. The van der Waals surface area contributed by atoms with Crippen LogP contribution in [0.25, 0.3) is 5.69 Å². The molecule has 1 unspecified atom stereocenters. The number of amides is 1. The molecule has 6 nitrogen and oxygen atoms in total. The lowest BCUT2D eigenvalue weighted by atomic mass is 10.2. The molecule has 0 saturated heterocycles. The van der Waals surface area contributed by atoms with E-state index in [2.05, 4.69) is 27.3 Å². The van der Waals surface area contributed by atoms with Crippen molar-refractivity contribution >= 4 is 46.6 Å². The minimum absolute atomic E-state index is 0.0334. The Bertz CT molecular complexity index is 1040. The van der Waals surface area contributed by atoms with Crippen LogP contribution in [0.3, 0.4) is 0 Å². The number of benzene rings is 2. The number of anilines is 1. The molecule has 9 heteroatoms. The molecule has 0 aliphatic carbocycles. The van der Waals surface area contributed by atoms with Crippen molar-refractivity contribution < 1.29 is 4.79 Å².